The smallest absolute Gasteiger partial charge is 0.434 e. The van der Waals surface area contributed by atoms with E-state index in [-0.39, 0.29) is 11.9 Å². The number of alkyl halides is 3. The van der Waals surface area contributed by atoms with E-state index in [1.807, 2.05) is 6.92 Å². The maximum absolute atomic E-state index is 13.7. The standard InChI is InChI=1S/C18H22F4N4OS/c1-3-12(27-14-7-5-4-6-13(14)19)10-25-17(23-2)24-9-8-16-26-15(11-28-16)18(20,21)22/h4-7,11-12H,3,8-10H2,1-2H3,(H2,23,24,25). The summed E-state index contributed by atoms with van der Waals surface area (Å²) >= 11 is 0.973. The van der Waals surface area contributed by atoms with Crippen LogP contribution in [0.25, 0.3) is 0 Å². The monoisotopic (exact) mass is 418 g/mol. The molecule has 2 N–H and O–H groups in total. The SMILES string of the molecule is CCC(CNC(=NC)NCCc1nc(C(F)(F)F)cs1)Oc1ccccc1F. The van der Waals surface area contributed by atoms with Crippen molar-refractivity contribution < 1.29 is 22.3 Å². The van der Waals surface area contributed by atoms with E-state index in [1.54, 1.807) is 25.2 Å². The number of nitrogens with zero attached hydrogens (tertiary/aromatic N) is 2. The molecule has 28 heavy (non-hydrogen) atoms. The van der Waals surface area contributed by atoms with E-state index in [9.17, 15) is 17.6 Å². The van der Waals surface area contributed by atoms with Crippen molar-refractivity contribution in [3.05, 3.63) is 46.2 Å². The molecule has 0 aliphatic rings. The number of para-hydroxylation sites is 1. The highest BCUT2D eigenvalue weighted by atomic mass is 32.1. The number of nitrogens with one attached hydrogen (secondary N) is 2. The van der Waals surface area contributed by atoms with Gasteiger partial charge in [0.05, 0.1) is 11.6 Å². The second-order valence-electron chi connectivity index (χ2n) is 5.83. The van der Waals surface area contributed by atoms with Gasteiger partial charge in [-0.15, -0.1) is 11.3 Å². The molecule has 0 amide bonds. The van der Waals surface area contributed by atoms with Gasteiger partial charge in [0.1, 0.15) is 6.10 Å². The molecule has 2 rings (SSSR count). The van der Waals surface area contributed by atoms with Crippen molar-refractivity contribution >= 4 is 17.3 Å². The quantitative estimate of drug-likeness (QED) is 0.388. The molecular formula is C18H22F4N4OS. The van der Waals surface area contributed by atoms with Gasteiger partial charge in [-0.3, -0.25) is 4.99 Å². The van der Waals surface area contributed by atoms with Crippen LogP contribution in [0.3, 0.4) is 0 Å². The zero-order chi connectivity index (χ0) is 20.6. The highest BCUT2D eigenvalue weighted by molar-refractivity contribution is 7.09. The van der Waals surface area contributed by atoms with E-state index in [0.29, 0.717) is 36.9 Å². The topological polar surface area (TPSA) is 58.5 Å². The summed E-state index contributed by atoms with van der Waals surface area (Å²) in [7, 11) is 1.58. The van der Waals surface area contributed by atoms with Gasteiger partial charge in [-0.25, -0.2) is 9.37 Å². The Balaban J connectivity index is 1.78. The number of hydrogen-bond acceptors (Lipinski definition) is 4. The molecule has 2 aromatic rings. The van der Waals surface area contributed by atoms with Crippen LogP contribution in [-0.2, 0) is 12.6 Å². The fourth-order valence-electron chi connectivity index (χ4n) is 2.26. The van der Waals surface area contributed by atoms with Gasteiger partial charge in [0, 0.05) is 25.4 Å². The van der Waals surface area contributed by atoms with E-state index in [1.165, 1.54) is 6.07 Å². The summed E-state index contributed by atoms with van der Waals surface area (Å²) in [4.78, 5) is 7.65. The number of guanidine groups is 1. The third-order valence-corrected chi connectivity index (χ3v) is 4.69. The molecule has 0 radical (unpaired) electrons. The average molecular weight is 418 g/mol. The minimum absolute atomic E-state index is 0.184. The molecule has 0 saturated carbocycles. The normalized spacial score (nSPS) is 13.3. The molecule has 0 spiro atoms. The van der Waals surface area contributed by atoms with E-state index >= 15 is 0 Å². The summed E-state index contributed by atoms with van der Waals surface area (Å²) in [6.07, 6.45) is -3.71. The summed E-state index contributed by atoms with van der Waals surface area (Å²) in [5.41, 5.74) is -0.869. The Hall–Kier alpha value is -2.36. The van der Waals surface area contributed by atoms with Crippen molar-refractivity contribution in [2.75, 3.05) is 20.1 Å². The second-order valence-corrected chi connectivity index (χ2v) is 6.78. The summed E-state index contributed by atoms with van der Waals surface area (Å²) in [5, 5.41) is 7.49. The first-order valence-electron chi connectivity index (χ1n) is 8.70. The zero-order valence-corrected chi connectivity index (χ0v) is 16.3. The molecule has 1 heterocycles. The van der Waals surface area contributed by atoms with Gasteiger partial charge >= 0.3 is 6.18 Å². The van der Waals surface area contributed by atoms with Crippen LogP contribution in [-0.4, -0.2) is 37.2 Å². The number of ether oxygens (including phenoxy) is 1. The molecule has 0 bridgehead atoms. The number of hydrogen-bond donors (Lipinski definition) is 2. The second kappa shape index (κ2) is 10.3. The lowest BCUT2D eigenvalue weighted by Crippen LogP contribution is -2.43. The van der Waals surface area contributed by atoms with Crippen LogP contribution >= 0.6 is 11.3 Å². The molecular weight excluding hydrogens is 396 g/mol. The summed E-state index contributed by atoms with van der Waals surface area (Å²) in [6.45, 7) is 2.68. The molecule has 0 aliphatic carbocycles. The molecule has 10 heteroatoms. The molecule has 0 saturated heterocycles. The number of benzene rings is 1. The fraction of sp³-hybridized carbons (Fsp3) is 0.444. The van der Waals surface area contributed by atoms with E-state index in [0.717, 1.165) is 16.7 Å². The number of rotatable bonds is 8. The van der Waals surface area contributed by atoms with Crippen LogP contribution in [0.1, 0.15) is 24.0 Å². The predicted molar refractivity (Wildman–Crippen MR) is 101 cm³/mol. The van der Waals surface area contributed by atoms with Crippen molar-refractivity contribution in [1.82, 2.24) is 15.6 Å². The van der Waals surface area contributed by atoms with Crippen molar-refractivity contribution in [3.8, 4) is 5.75 Å². The lowest BCUT2D eigenvalue weighted by atomic mass is 10.2. The van der Waals surface area contributed by atoms with Crippen molar-refractivity contribution in [3.63, 3.8) is 0 Å². The van der Waals surface area contributed by atoms with Crippen molar-refractivity contribution in [2.45, 2.75) is 32.0 Å². The number of aromatic nitrogens is 1. The van der Waals surface area contributed by atoms with Crippen LogP contribution in [0.2, 0.25) is 0 Å². The minimum atomic E-state index is -4.42. The fourth-order valence-corrected chi connectivity index (χ4v) is 3.07. The molecule has 154 valence electrons. The van der Waals surface area contributed by atoms with Gasteiger partial charge in [0.2, 0.25) is 0 Å². The molecule has 0 aliphatic heterocycles. The highest BCUT2D eigenvalue weighted by Gasteiger charge is 2.33. The Kier molecular flexibility index (Phi) is 8.04. The number of halogens is 4. The van der Waals surface area contributed by atoms with Crippen LogP contribution < -0.4 is 15.4 Å². The average Bonchev–Trinajstić information content (AvgIpc) is 3.14. The molecule has 1 unspecified atom stereocenters. The minimum Gasteiger partial charge on any atom is -0.486 e. The Morgan fingerprint density at radius 2 is 2.04 bits per heavy atom. The first-order valence-corrected chi connectivity index (χ1v) is 9.58. The van der Waals surface area contributed by atoms with Crippen molar-refractivity contribution in [2.24, 2.45) is 4.99 Å². The number of thiazole rings is 1. The lowest BCUT2D eigenvalue weighted by molar-refractivity contribution is -0.140. The van der Waals surface area contributed by atoms with E-state index in [4.69, 9.17) is 4.74 Å². The Bertz CT molecular complexity index is 779. The van der Waals surface area contributed by atoms with Gasteiger partial charge < -0.3 is 15.4 Å². The summed E-state index contributed by atoms with van der Waals surface area (Å²) in [5.74, 6) is 0.233. The van der Waals surface area contributed by atoms with Gasteiger partial charge in [-0.05, 0) is 18.6 Å². The third-order valence-electron chi connectivity index (χ3n) is 3.78. The van der Waals surface area contributed by atoms with Crippen molar-refractivity contribution in [1.29, 1.82) is 0 Å². The third kappa shape index (κ3) is 6.66. The molecule has 5 nitrogen and oxygen atoms in total. The lowest BCUT2D eigenvalue weighted by Gasteiger charge is -2.20. The maximum Gasteiger partial charge on any atom is 0.434 e. The molecule has 1 aromatic carbocycles. The van der Waals surface area contributed by atoms with Crippen LogP contribution in [0.4, 0.5) is 17.6 Å². The van der Waals surface area contributed by atoms with E-state index < -0.39 is 17.7 Å². The predicted octanol–water partition coefficient (Wildman–Crippen LogP) is 3.87. The largest absolute Gasteiger partial charge is 0.486 e. The first kappa shape index (κ1) is 21.9. The van der Waals surface area contributed by atoms with Crippen LogP contribution in [0.5, 0.6) is 5.75 Å². The molecule has 1 aromatic heterocycles. The molecule has 1 atom stereocenters. The zero-order valence-electron chi connectivity index (χ0n) is 15.5. The Labute approximate surface area is 164 Å². The first-order chi connectivity index (χ1) is 13.3. The van der Waals surface area contributed by atoms with Gasteiger partial charge in [-0.2, -0.15) is 13.2 Å². The maximum atomic E-state index is 13.7. The molecule has 0 fully saturated rings. The van der Waals surface area contributed by atoms with Gasteiger partial charge in [0.25, 0.3) is 0 Å². The van der Waals surface area contributed by atoms with E-state index in [2.05, 4.69) is 20.6 Å². The summed E-state index contributed by atoms with van der Waals surface area (Å²) in [6, 6.07) is 6.18. The van der Waals surface area contributed by atoms with Gasteiger partial charge in [0.15, 0.2) is 23.2 Å². The summed E-state index contributed by atoms with van der Waals surface area (Å²) < 4.78 is 57.0. The van der Waals surface area contributed by atoms with Crippen LogP contribution in [0.15, 0.2) is 34.6 Å². The highest BCUT2D eigenvalue weighted by Crippen LogP contribution is 2.30. The Morgan fingerprint density at radius 1 is 1.29 bits per heavy atom. The van der Waals surface area contributed by atoms with Crippen LogP contribution in [0, 0.1) is 5.82 Å². The number of aliphatic imine (C=N–C) groups is 1. The van der Waals surface area contributed by atoms with Gasteiger partial charge in [-0.1, -0.05) is 19.1 Å². The Morgan fingerprint density at radius 3 is 2.64 bits per heavy atom.